The van der Waals surface area contributed by atoms with E-state index in [2.05, 4.69) is 5.32 Å². The van der Waals surface area contributed by atoms with Gasteiger partial charge >= 0.3 is 0 Å². The van der Waals surface area contributed by atoms with Crippen molar-refractivity contribution in [3.8, 4) is 6.19 Å². The Kier molecular flexibility index (Phi) is 4.64. The van der Waals surface area contributed by atoms with E-state index < -0.39 is 5.41 Å². The highest BCUT2D eigenvalue weighted by atomic mass is 16.2. The predicted molar refractivity (Wildman–Crippen MR) is 50.8 cm³/mol. The molecule has 0 atom stereocenters. The van der Waals surface area contributed by atoms with Gasteiger partial charge in [-0.1, -0.05) is 20.8 Å². The molecule has 0 bridgehead atoms. The Labute approximate surface area is 83.5 Å². The van der Waals surface area contributed by atoms with Crippen LogP contribution in [0.2, 0.25) is 0 Å². The molecule has 0 unspecified atom stereocenters. The molecule has 0 aromatic heterocycles. The maximum Gasteiger partial charge on any atom is 0.234 e. The van der Waals surface area contributed by atoms with Gasteiger partial charge in [-0.2, -0.15) is 5.26 Å². The Morgan fingerprint density at radius 3 is 2.36 bits per heavy atom. The minimum atomic E-state index is -0.453. The minimum Gasteiger partial charge on any atom is -0.355 e. The fourth-order valence-electron chi connectivity index (χ4n) is 0.680. The summed E-state index contributed by atoms with van der Waals surface area (Å²) >= 11 is 0. The Balaban J connectivity index is 3.72. The minimum absolute atomic E-state index is 0.109. The van der Waals surface area contributed by atoms with Crippen molar-refractivity contribution in [1.29, 1.82) is 5.26 Å². The SMILES string of the molecule is CC(C)(C)C(=O)NCCC(=O)NC#N. The molecular weight excluding hydrogens is 182 g/mol. The van der Waals surface area contributed by atoms with Crippen LogP contribution in [0.5, 0.6) is 0 Å². The molecule has 5 heteroatoms. The highest BCUT2D eigenvalue weighted by Crippen LogP contribution is 2.11. The zero-order valence-electron chi connectivity index (χ0n) is 8.68. The Morgan fingerprint density at radius 1 is 1.36 bits per heavy atom. The molecule has 0 saturated heterocycles. The van der Waals surface area contributed by atoms with Crippen molar-refractivity contribution >= 4 is 11.8 Å². The summed E-state index contributed by atoms with van der Waals surface area (Å²) < 4.78 is 0. The van der Waals surface area contributed by atoms with Gasteiger partial charge in [-0.05, 0) is 0 Å². The predicted octanol–water partition coefficient (Wildman–Crippen LogP) is 0.136. The summed E-state index contributed by atoms with van der Waals surface area (Å²) in [4.78, 5) is 22.1. The molecule has 0 rings (SSSR count). The van der Waals surface area contributed by atoms with E-state index in [4.69, 9.17) is 5.26 Å². The number of hydrogen-bond donors (Lipinski definition) is 2. The maximum absolute atomic E-state index is 11.3. The lowest BCUT2D eigenvalue weighted by Crippen LogP contribution is -2.36. The van der Waals surface area contributed by atoms with Gasteiger partial charge in [-0.15, -0.1) is 0 Å². The normalized spacial score (nSPS) is 10.1. The van der Waals surface area contributed by atoms with Gasteiger partial charge in [0.2, 0.25) is 11.8 Å². The average molecular weight is 197 g/mol. The Bertz CT molecular complexity index is 260. The van der Waals surface area contributed by atoms with Gasteiger partial charge < -0.3 is 5.32 Å². The van der Waals surface area contributed by atoms with Crippen molar-refractivity contribution in [2.45, 2.75) is 27.2 Å². The van der Waals surface area contributed by atoms with Crippen LogP contribution >= 0.6 is 0 Å². The number of carbonyl (C=O) groups is 2. The third-order valence-corrected chi connectivity index (χ3v) is 1.51. The summed E-state index contributed by atoms with van der Waals surface area (Å²) in [5, 5.41) is 12.7. The van der Waals surface area contributed by atoms with Crippen LogP contribution in [0.4, 0.5) is 0 Å². The molecule has 14 heavy (non-hydrogen) atoms. The van der Waals surface area contributed by atoms with Gasteiger partial charge in [0.1, 0.15) is 0 Å². The molecule has 5 nitrogen and oxygen atoms in total. The van der Waals surface area contributed by atoms with Crippen LogP contribution in [0.1, 0.15) is 27.2 Å². The molecule has 0 heterocycles. The van der Waals surface area contributed by atoms with E-state index in [1.165, 1.54) is 6.19 Å². The highest BCUT2D eigenvalue weighted by molar-refractivity contribution is 5.82. The van der Waals surface area contributed by atoms with E-state index in [0.29, 0.717) is 0 Å². The van der Waals surface area contributed by atoms with Crippen molar-refractivity contribution in [2.24, 2.45) is 5.41 Å². The van der Waals surface area contributed by atoms with Gasteiger partial charge in [0, 0.05) is 18.4 Å². The van der Waals surface area contributed by atoms with E-state index in [-0.39, 0.29) is 24.8 Å². The van der Waals surface area contributed by atoms with Gasteiger partial charge in [0.15, 0.2) is 6.19 Å². The fraction of sp³-hybridized carbons (Fsp3) is 0.667. The first-order valence-electron chi connectivity index (χ1n) is 4.34. The molecular formula is C9H15N3O2. The number of amides is 2. The van der Waals surface area contributed by atoms with Crippen LogP contribution in [0.25, 0.3) is 0 Å². The van der Waals surface area contributed by atoms with Crippen LogP contribution in [-0.2, 0) is 9.59 Å². The van der Waals surface area contributed by atoms with Crippen molar-refractivity contribution in [2.75, 3.05) is 6.54 Å². The van der Waals surface area contributed by atoms with Crippen molar-refractivity contribution in [3.63, 3.8) is 0 Å². The fourth-order valence-corrected chi connectivity index (χ4v) is 0.680. The largest absolute Gasteiger partial charge is 0.355 e. The van der Waals surface area contributed by atoms with Crippen molar-refractivity contribution in [3.05, 3.63) is 0 Å². The average Bonchev–Trinajstić information content (AvgIpc) is 2.02. The number of nitrogens with one attached hydrogen (secondary N) is 2. The third kappa shape index (κ3) is 5.14. The standard InChI is InChI=1S/C9H15N3O2/c1-9(2,3)8(14)11-5-4-7(13)12-6-10/h4-5H2,1-3H3,(H,11,14)(H,12,13). The topological polar surface area (TPSA) is 82.0 Å². The maximum atomic E-state index is 11.3. The molecule has 78 valence electrons. The molecule has 0 saturated carbocycles. The summed E-state index contributed by atoms with van der Waals surface area (Å²) in [6.07, 6.45) is 1.64. The monoisotopic (exact) mass is 197 g/mol. The summed E-state index contributed by atoms with van der Waals surface area (Å²) in [5.74, 6) is -0.496. The van der Waals surface area contributed by atoms with Crippen LogP contribution in [0.15, 0.2) is 0 Å². The Morgan fingerprint density at radius 2 is 1.93 bits per heavy atom. The first-order chi connectivity index (χ1) is 6.38. The molecule has 0 aliphatic heterocycles. The van der Waals surface area contributed by atoms with Gasteiger partial charge in [0.25, 0.3) is 0 Å². The lowest BCUT2D eigenvalue weighted by molar-refractivity contribution is -0.128. The number of rotatable bonds is 3. The van der Waals surface area contributed by atoms with Crippen LogP contribution < -0.4 is 10.6 Å². The van der Waals surface area contributed by atoms with Crippen molar-refractivity contribution in [1.82, 2.24) is 10.6 Å². The second kappa shape index (κ2) is 5.22. The second-order valence-corrected chi connectivity index (χ2v) is 3.92. The molecule has 0 spiro atoms. The summed E-state index contributed by atoms with van der Waals surface area (Å²) in [6.45, 7) is 5.62. The van der Waals surface area contributed by atoms with E-state index >= 15 is 0 Å². The summed E-state index contributed by atoms with van der Waals surface area (Å²) in [6, 6.07) is 0. The smallest absolute Gasteiger partial charge is 0.234 e. The second-order valence-electron chi connectivity index (χ2n) is 3.92. The van der Waals surface area contributed by atoms with Gasteiger partial charge in [-0.3, -0.25) is 14.9 Å². The first kappa shape index (κ1) is 12.4. The van der Waals surface area contributed by atoms with Gasteiger partial charge in [0.05, 0.1) is 0 Å². The summed E-state index contributed by atoms with van der Waals surface area (Å²) in [5.41, 5.74) is -0.453. The van der Waals surface area contributed by atoms with Crippen LogP contribution in [-0.4, -0.2) is 18.4 Å². The molecule has 2 amide bonds. The first-order valence-corrected chi connectivity index (χ1v) is 4.34. The lowest BCUT2D eigenvalue weighted by atomic mass is 9.96. The summed E-state index contributed by atoms with van der Waals surface area (Å²) in [7, 11) is 0. The quantitative estimate of drug-likeness (QED) is 0.498. The van der Waals surface area contributed by atoms with E-state index in [9.17, 15) is 9.59 Å². The number of nitrogens with zero attached hydrogens (tertiary/aromatic N) is 1. The molecule has 0 aromatic rings. The third-order valence-electron chi connectivity index (χ3n) is 1.51. The molecule has 2 N–H and O–H groups in total. The van der Waals surface area contributed by atoms with Gasteiger partial charge in [-0.25, -0.2) is 0 Å². The van der Waals surface area contributed by atoms with E-state index in [1.807, 2.05) is 5.32 Å². The zero-order valence-corrected chi connectivity index (χ0v) is 8.68. The number of carbonyl (C=O) groups excluding carboxylic acids is 2. The lowest BCUT2D eigenvalue weighted by Gasteiger charge is -2.17. The molecule has 0 aliphatic carbocycles. The molecule has 0 fully saturated rings. The number of nitriles is 1. The highest BCUT2D eigenvalue weighted by Gasteiger charge is 2.20. The molecule has 0 aliphatic rings. The van der Waals surface area contributed by atoms with E-state index in [0.717, 1.165) is 0 Å². The van der Waals surface area contributed by atoms with Crippen LogP contribution in [0.3, 0.4) is 0 Å². The van der Waals surface area contributed by atoms with Crippen molar-refractivity contribution < 1.29 is 9.59 Å². The zero-order chi connectivity index (χ0) is 11.2. The van der Waals surface area contributed by atoms with E-state index in [1.54, 1.807) is 20.8 Å². The Hall–Kier alpha value is -1.57. The molecule has 0 aromatic carbocycles. The van der Waals surface area contributed by atoms with Crippen LogP contribution in [0, 0.1) is 16.9 Å². The molecule has 0 radical (unpaired) electrons. The number of hydrogen-bond acceptors (Lipinski definition) is 3.